The number of alkyl halides is 3. The molecule has 0 heterocycles. The lowest BCUT2D eigenvalue weighted by Crippen LogP contribution is -2.37. The molecule has 0 saturated heterocycles. The SMILES string of the molecule is CC=C(C(=C(C)C(C)=CC=C(C)OC)C(OC(C)(C)C)C(=O)O)C(F)(F)F. The maximum atomic E-state index is 13.6. The second-order valence-electron chi connectivity index (χ2n) is 7.02. The molecular weight excluding hydrogens is 361 g/mol. The third-order valence-corrected chi connectivity index (χ3v) is 3.73. The first-order valence-corrected chi connectivity index (χ1v) is 8.40. The second-order valence-corrected chi connectivity index (χ2v) is 7.02. The number of carboxylic acids is 1. The zero-order valence-corrected chi connectivity index (χ0v) is 17.1. The first-order chi connectivity index (χ1) is 12.2. The third-order valence-electron chi connectivity index (χ3n) is 3.73. The van der Waals surface area contributed by atoms with Crippen LogP contribution in [0, 0.1) is 0 Å². The number of allylic oxidation sites excluding steroid dienone is 6. The number of aliphatic carboxylic acids is 1. The van der Waals surface area contributed by atoms with Crippen LogP contribution >= 0.6 is 0 Å². The first-order valence-electron chi connectivity index (χ1n) is 8.40. The number of carbonyl (C=O) groups is 1. The van der Waals surface area contributed by atoms with Gasteiger partial charge in [0.15, 0.2) is 6.10 Å². The van der Waals surface area contributed by atoms with Crippen LogP contribution in [0.1, 0.15) is 48.5 Å². The van der Waals surface area contributed by atoms with Gasteiger partial charge in [0.1, 0.15) is 0 Å². The van der Waals surface area contributed by atoms with Crippen molar-refractivity contribution in [3.05, 3.63) is 46.3 Å². The van der Waals surface area contributed by atoms with E-state index in [-0.39, 0.29) is 5.57 Å². The van der Waals surface area contributed by atoms with Gasteiger partial charge >= 0.3 is 12.1 Å². The summed E-state index contributed by atoms with van der Waals surface area (Å²) < 4.78 is 51.3. The zero-order valence-electron chi connectivity index (χ0n) is 17.1. The lowest BCUT2D eigenvalue weighted by Gasteiger charge is -2.30. The summed E-state index contributed by atoms with van der Waals surface area (Å²) in [7, 11) is 1.47. The van der Waals surface area contributed by atoms with Crippen molar-refractivity contribution in [2.45, 2.75) is 66.3 Å². The quantitative estimate of drug-likeness (QED) is 0.456. The molecule has 154 valence electrons. The van der Waals surface area contributed by atoms with Crippen molar-refractivity contribution in [3.63, 3.8) is 0 Å². The Morgan fingerprint density at radius 1 is 1.07 bits per heavy atom. The third kappa shape index (κ3) is 8.03. The predicted molar refractivity (Wildman–Crippen MR) is 99.3 cm³/mol. The van der Waals surface area contributed by atoms with E-state index in [4.69, 9.17) is 9.47 Å². The Balaban J connectivity index is 6.71. The summed E-state index contributed by atoms with van der Waals surface area (Å²) in [6.45, 7) is 10.7. The lowest BCUT2D eigenvalue weighted by molar-refractivity contribution is -0.156. The number of halogens is 3. The molecule has 0 aliphatic heterocycles. The van der Waals surface area contributed by atoms with Gasteiger partial charge in [0, 0.05) is 5.57 Å². The van der Waals surface area contributed by atoms with Crippen LogP contribution in [-0.4, -0.2) is 36.1 Å². The van der Waals surface area contributed by atoms with Crippen LogP contribution in [0.5, 0.6) is 0 Å². The van der Waals surface area contributed by atoms with Gasteiger partial charge in [0.25, 0.3) is 0 Å². The highest BCUT2D eigenvalue weighted by Gasteiger charge is 2.42. The molecule has 7 heteroatoms. The fourth-order valence-electron chi connectivity index (χ4n) is 2.25. The Hall–Kier alpha value is -2.02. The number of rotatable bonds is 7. The average Bonchev–Trinajstić information content (AvgIpc) is 2.52. The van der Waals surface area contributed by atoms with Gasteiger partial charge in [-0.15, -0.1) is 0 Å². The fourth-order valence-corrected chi connectivity index (χ4v) is 2.25. The Morgan fingerprint density at radius 3 is 1.93 bits per heavy atom. The van der Waals surface area contributed by atoms with Crippen molar-refractivity contribution in [1.29, 1.82) is 0 Å². The molecule has 1 N–H and O–H groups in total. The molecule has 0 spiro atoms. The number of methoxy groups -OCH3 is 1. The van der Waals surface area contributed by atoms with Crippen molar-refractivity contribution in [2.24, 2.45) is 0 Å². The topological polar surface area (TPSA) is 55.8 Å². The predicted octanol–water partition coefficient (Wildman–Crippen LogP) is 5.58. The maximum Gasteiger partial charge on any atom is 0.416 e. The Labute approximate surface area is 159 Å². The highest BCUT2D eigenvalue weighted by molar-refractivity contribution is 5.79. The highest BCUT2D eigenvalue weighted by Crippen LogP contribution is 2.38. The average molecular weight is 390 g/mol. The molecule has 27 heavy (non-hydrogen) atoms. The molecule has 0 amide bonds. The van der Waals surface area contributed by atoms with Crippen molar-refractivity contribution in [1.82, 2.24) is 0 Å². The molecule has 4 nitrogen and oxygen atoms in total. The van der Waals surface area contributed by atoms with Crippen LogP contribution in [0.2, 0.25) is 0 Å². The van der Waals surface area contributed by atoms with Crippen LogP contribution in [0.15, 0.2) is 46.3 Å². The summed E-state index contributed by atoms with van der Waals surface area (Å²) in [5.74, 6) is -0.925. The minimum absolute atomic E-state index is 0.178. The highest BCUT2D eigenvalue weighted by atomic mass is 19.4. The van der Waals surface area contributed by atoms with E-state index in [1.165, 1.54) is 21.0 Å². The largest absolute Gasteiger partial charge is 0.501 e. The van der Waals surface area contributed by atoms with Gasteiger partial charge in [-0.3, -0.25) is 0 Å². The monoisotopic (exact) mass is 390 g/mol. The van der Waals surface area contributed by atoms with E-state index in [1.54, 1.807) is 46.8 Å². The molecular formula is C20H29F3O4. The Kier molecular flexibility index (Phi) is 9.05. The Morgan fingerprint density at radius 2 is 1.59 bits per heavy atom. The minimum Gasteiger partial charge on any atom is -0.501 e. The van der Waals surface area contributed by atoms with Gasteiger partial charge in [-0.25, -0.2) is 4.79 Å². The van der Waals surface area contributed by atoms with Gasteiger partial charge in [0.05, 0.1) is 24.0 Å². The van der Waals surface area contributed by atoms with Crippen LogP contribution in [-0.2, 0) is 14.3 Å². The number of ether oxygens (including phenoxy) is 2. The van der Waals surface area contributed by atoms with Crippen LogP contribution in [0.3, 0.4) is 0 Å². The van der Waals surface area contributed by atoms with Crippen LogP contribution < -0.4 is 0 Å². The van der Waals surface area contributed by atoms with Crippen molar-refractivity contribution >= 4 is 5.97 Å². The van der Waals surface area contributed by atoms with Gasteiger partial charge in [-0.1, -0.05) is 12.2 Å². The number of carboxylic acid groups (broad SMARTS) is 1. The van der Waals surface area contributed by atoms with E-state index >= 15 is 0 Å². The van der Waals surface area contributed by atoms with Gasteiger partial charge < -0.3 is 14.6 Å². The molecule has 1 unspecified atom stereocenters. The lowest BCUT2D eigenvalue weighted by atomic mass is 9.90. The Bertz CT molecular complexity index is 660. The molecule has 0 saturated carbocycles. The molecule has 0 radical (unpaired) electrons. The van der Waals surface area contributed by atoms with Gasteiger partial charge in [-0.2, -0.15) is 13.2 Å². The van der Waals surface area contributed by atoms with Gasteiger partial charge in [0.2, 0.25) is 0 Å². The molecule has 0 aliphatic rings. The van der Waals surface area contributed by atoms with Crippen molar-refractivity contribution in [2.75, 3.05) is 7.11 Å². The summed E-state index contributed by atoms with van der Waals surface area (Å²) in [4.78, 5) is 11.8. The molecule has 0 aromatic heterocycles. The number of hydrogen-bond acceptors (Lipinski definition) is 3. The standard InChI is InChI=1S/C20H29F3O4/c1-9-15(20(21,22)23)16(17(18(24)25)27-19(5,6)7)14(4)12(2)10-11-13(3)26-8/h9-11,17H,1-8H3,(H,24,25). The van der Waals surface area contributed by atoms with E-state index in [0.717, 1.165) is 6.08 Å². The minimum atomic E-state index is -4.72. The summed E-state index contributed by atoms with van der Waals surface area (Å²) in [6, 6.07) is 0. The molecule has 0 aromatic rings. The molecule has 0 aliphatic carbocycles. The van der Waals surface area contributed by atoms with Gasteiger partial charge in [-0.05, 0) is 65.7 Å². The smallest absolute Gasteiger partial charge is 0.416 e. The molecule has 1 atom stereocenters. The summed E-state index contributed by atoms with van der Waals surface area (Å²) in [5.41, 5.74) is -1.75. The van der Waals surface area contributed by atoms with E-state index in [1.807, 2.05) is 0 Å². The summed E-state index contributed by atoms with van der Waals surface area (Å²) in [5, 5.41) is 9.60. The molecule has 0 fully saturated rings. The zero-order chi connectivity index (χ0) is 21.6. The number of hydrogen-bond donors (Lipinski definition) is 1. The van der Waals surface area contributed by atoms with Crippen molar-refractivity contribution in [3.8, 4) is 0 Å². The van der Waals surface area contributed by atoms with Crippen molar-refractivity contribution < 1.29 is 32.5 Å². The van der Waals surface area contributed by atoms with Crippen LogP contribution in [0.25, 0.3) is 0 Å². The second kappa shape index (κ2) is 9.78. The first kappa shape index (κ1) is 25.0. The molecule has 0 rings (SSSR count). The summed E-state index contributed by atoms with van der Waals surface area (Å²) in [6.07, 6.45) is -2.45. The van der Waals surface area contributed by atoms with E-state index in [0.29, 0.717) is 11.3 Å². The fraction of sp³-hybridized carbons (Fsp3) is 0.550. The normalized spacial score (nSPS) is 16.8. The van der Waals surface area contributed by atoms with E-state index in [9.17, 15) is 23.1 Å². The molecule has 0 bridgehead atoms. The summed E-state index contributed by atoms with van der Waals surface area (Å²) >= 11 is 0. The van der Waals surface area contributed by atoms with Crippen LogP contribution in [0.4, 0.5) is 13.2 Å². The van der Waals surface area contributed by atoms with E-state index in [2.05, 4.69) is 0 Å². The maximum absolute atomic E-state index is 13.6. The van der Waals surface area contributed by atoms with E-state index < -0.39 is 35.0 Å². The molecule has 0 aromatic carbocycles.